The van der Waals surface area contributed by atoms with Crippen LogP contribution >= 0.6 is 11.6 Å². The highest BCUT2D eigenvalue weighted by molar-refractivity contribution is 6.31. The van der Waals surface area contributed by atoms with Crippen LogP contribution in [0.25, 0.3) is 0 Å². The highest BCUT2D eigenvalue weighted by Gasteiger charge is 2.40. The fraction of sp³-hybridized carbons (Fsp3) is 0.800. The van der Waals surface area contributed by atoms with Crippen LogP contribution in [0.5, 0.6) is 0 Å². The lowest BCUT2D eigenvalue weighted by Crippen LogP contribution is -2.48. The number of nitrogens with zero attached hydrogens (tertiary/aromatic N) is 2. The van der Waals surface area contributed by atoms with E-state index in [1.165, 1.54) is 25.0 Å². The molecule has 0 saturated carbocycles. The Morgan fingerprint density at radius 2 is 2.00 bits per heavy atom. The maximum atomic E-state index is 6.49. The second-order valence-electron chi connectivity index (χ2n) is 6.24. The van der Waals surface area contributed by atoms with Crippen molar-refractivity contribution in [3.63, 3.8) is 0 Å². The van der Waals surface area contributed by atoms with Crippen molar-refractivity contribution < 1.29 is 0 Å². The van der Waals surface area contributed by atoms with Gasteiger partial charge in [0.05, 0.1) is 22.5 Å². The summed E-state index contributed by atoms with van der Waals surface area (Å²) in [6, 6.07) is 0.336. The first kappa shape index (κ1) is 14.9. The average Bonchev–Trinajstić information content (AvgIpc) is 2.60. The minimum absolute atomic E-state index is 0.0334. The average molecular weight is 284 g/mol. The predicted molar refractivity (Wildman–Crippen MR) is 80.6 cm³/mol. The first-order chi connectivity index (χ1) is 8.99. The van der Waals surface area contributed by atoms with Gasteiger partial charge in [0.1, 0.15) is 0 Å². The zero-order chi connectivity index (χ0) is 14.0. The molecule has 1 aromatic rings. The summed E-state index contributed by atoms with van der Waals surface area (Å²) in [4.78, 5) is 0. The second kappa shape index (κ2) is 5.84. The van der Waals surface area contributed by atoms with E-state index in [-0.39, 0.29) is 5.54 Å². The van der Waals surface area contributed by atoms with Crippen molar-refractivity contribution >= 4 is 11.6 Å². The first-order valence-corrected chi connectivity index (χ1v) is 7.85. The van der Waals surface area contributed by atoms with Gasteiger partial charge in [-0.1, -0.05) is 38.3 Å². The maximum Gasteiger partial charge on any atom is 0.0837 e. The van der Waals surface area contributed by atoms with E-state index < -0.39 is 0 Å². The lowest BCUT2D eigenvalue weighted by Gasteiger charge is -2.39. The lowest BCUT2D eigenvalue weighted by molar-refractivity contribution is 0.209. The van der Waals surface area contributed by atoms with Crippen LogP contribution in [-0.4, -0.2) is 16.3 Å². The summed E-state index contributed by atoms with van der Waals surface area (Å²) in [5.74, 6) is 0.497. The van der Waals surface area contributed by atoms with E-state index in [0.29, 0.717) is 12.0 Å². The van der Waals surface area contributed by atoms with Crippen LogP contribution in [0.3, 0.4) is 0 Å². The Balaban J connectivity index is 2.52. The summed E-state index contributed by atoms with van der Waals surface area (Å²) >= 11 is 6.49. The van der Waals surface area contributed by atoms with E-state index in [0.717, 1.165) is 18.0 Å². The Morgan fingerprint density at radius 3 is 2.63 bits per heavy atom. The molecular formula is C15H26ClN3. The molecule has 19 heavy (non-hydrogen) atoms. The van der Waals surface area contributed by atoms with E-state index in [9.17, 15) is 0 Å². The normalized spacial score (nSPS) is 25.0. The molecule has 0 spiro atoms. The number of halogens is 1. The van der Waals surface area contributed by atoms with Gasteiger partial charge in [0.15, 0.2) is 0 Å². The van der Waals surface area contributed by atoms with Crippen LogP contribution in [0.15, 0.2) is 6.20 Å². The monoisotopic (exact) mass is 283 g/mol. The summed E-state index contributed by atoms with van der Waals surface area (Å²) in [5.41, 5.74) is 1.15. The summed E-state index contributed by atoms with van der Waals surface area (Å²) in [6.07, 6.45) is 6.75. The Labute approximate surface area is 121 Å². The predicted octanol–water partition coefficient (Wildman–Crippen LogP) is 4.13. The fourth-order valence-corrected chi connectivity index (χ4v) is 3.52. The van der Waals surface area contributed by atoms with Crippen molar-refractivity contribution in [3.8, 4) is 0 Å². The molecule has 0 amide bonds. The van der Waals surface area contributed by atoms with Gasteiger partial charge in [0.25, 0.3) is 0 Å². The van der Waals surface area contributed by atoms with Crippen LogP contribution in [0.2, 0.25) is 5.02 Å². The van der Waals surface area contributed by atoms with Crippen molar-refractivity contribution in [2.45, 2.75) is 65.0 Å². The highest BCUT2D eigenvalue weighted by Crippen LogP contribution is 2.40. The number of nitrogens with one attached hydrogen (secondary N) is 1. The standard InChI is InChI=1S/C15H26ClN3/c1-11(2)15(8-6-5-7-9-17-15)14-13(16)10-18-19(14)12(3)4/h10-12,17H,5-9H2,1-4H3. The maximum absolute atomic E-state index is 6.49. The Bertz CT molecular complexity index is 415. The molecule has 1 unspecified atom stereocenters. The molecule has 1 saturated heterocycles. The van der Waals surface area contributed by atoms with Crippen LogP contribution in [-0.2, 0) is 5.54 Å². The molecule has 3 nitrogen and oxygen atoms in total. The van der Waals surface area contributed by atoms with Gasteiger partial charge in [0, 0.05) is 6.04 Å². The van der Waals surface area contributed by atoms with Gasteiger partial charge in [-0.05, 0) is 39.2 Å². The molecule has 0 aromatic carbocycles. The van der Waals surface area contributed by atoms with Crippen molar-refractivity contribution in [2.75, 3.05) is 6.54 Å². The number of hydrogen-bond donors (Lipinski definition) is 1. The Kier molecular flexibility index (Phi) is 4.57. The molecule has 1 aliphatic rings. The SMILES string of the molecule is CC(C)n1ncc(Cl)c1C1(C(C)C)CCCCCN1. The van der Waals surface area contributed by atoms with Crippen LogP contribution < -0.4 is 5.32 Å². The summed E-state index contributed by atoms with van der Waals surface area (Å²) in [7, 11) is 0. The number of rotatable bonds is 3. The third-order valence-corrected chi connectivity index (χ3v) is 4.61. The van der Waals surface area contributed by atoms with Gasteiger partial charge in [-0.15, -0.1) is 0 Å². The highest BCUT2D eigenvalue weighted by atomic mass is 35.5. The first-order valence-electron chi connectivity index (χ1n) is 7.47. The molecule has 1 atom stereocenters. The molecule has 1 N–H and O–H groups in total. The zero-order valence-electron chi connectivity index (χ0n) is 12.5. The van der Waals surface area contributed by atoms with Crippen LogP contribution in [0.4, 0.5) is 0 Å². The van der Waals surface area contributed by atoms with E-state index in [1.807, 2.05) is 0 Å². The van der Waals surface area contributed by atoms with Crippen molar-refractivity contribution in [3.05, 3.63) is 16.9 Å². The van der Waals surface area contributed by atoms with E-state index >= 15 is 0 Å². The van der Waals surface area contributed by atoms with E-state index in [1.54, 1.807) is 6.20 Å². The molecule has 108 valence electrons. The summed E-state index contributed by atoms with van der Waals surface area (Å²) < 4.78 is 2.10. The molecular weight excluding hydrogens is 258 g/mol. The van der Waals surface area contributed by atoms with Gasteiger partial charge in [-0.3, -0.25) is 4.68 Å². The summed E-state index contributed by atoms with van der Waals surface area (Å²) in [5, 5.41) is 9.08. The molecule has 1 fully saturated rings. The van der Waals surface area contributed by atoms with Gasteiger partial charge in [0.2, 0.25) is 0 Å². The van der Waals surface area contributed by atoms with Gasteiger partial charge in [-0.2, -0.15) is 5.10 Å². The molecule has 1 aromatic heterocycles. The third kappa shape index (κ3) is 2.68. The molecule has 1 aliphatic heterocycles. The van der Waals surface area contributed by atoms with Gasteiger partial charge < -0.3 is 5.32 Å². The minimum Gasteiger partial charge on any atom is -0.306 e. The largest absolute Gasteiger partial charge is 0.306 e. The van der Waals surface area contributed by atoms with Gasteiger partial charge >= 0.3 is 0 Å². The number of hydrogen-bond acceptors (Lipinski definition) is 2. The van der Waals surface area contributed by atoms with Gasteiger partial charge in [-0.25, -0.2) is 0 Å². The van der Waals surface area contributed by atoms with Crippen LogP contribution in [0.1, 0.15) is 65.1 Å². The fourth-order valence-electron chi connectivity index (χ4n) is 3.22. The smallest absolute Gasteiger partial charge is 0.0837 e. The molecule has 0 radical (unpaired) electrons. The van der Waals surface area contributed by atoms with Crippen molar-refractivity contribution in [1.82, 2.24) is 15.1 Å². The van der Waals surface area contributed by atoms with Crippen LogP contribution in [0, 0.1) is 5.92 Å². The van der Waals surface area contributed by atoms with E-state index in [2.05, 4.69) is 42.8 Å². The zero-order valence-corrected chi connectivity index (χ0v) is 13.3. The summed E-state index contributed by atoms with van der Waals surface area (Å²) in [6.45, 7) is 9.96. The Hall–Kier alpha value is -0.540. The number of aromatic nitrogens is 2. The molecule has 2 rings (SSSR count). The minimum atomic E-state index is -0.0334. The topological polar surface area (TPSA) is 29.9 Å². The molecule has 4 heteroatoms. The van der Waals surface area contributed by atoms with Crippen molar-refractivity contribution in [2.24, 2.45) is 5.92 Å². The quantitative estimate of drug-likeness (QED) is 0.904. The second-order valence-corrected chi connectivity index (χ2v) is 6.65. The molecule has 0 aliphatic carbocycles. The third-order valence-electron chi connectivity index (χ3n) is 4.34. The molecule has 0 bridgehead atoms. The Morgan fingerprint density at radius 1 is 1.26 bits per heavy atom. The lowest BCUT2D eigenvalue weighted by atomic mass is 9.79. The van der Waals surface area contributed by atoms with Crippen molar-refractivity contribution in [1.29, 1.82) is 0 Å². The molecule has 2 heterocycles. The van der Waals surface area contributed by atoms with E-state index in [4.69, 9.17) is 11.6 Å².